The molecule has 0 fully saturated rings. The Kier molecular flexibility index (Phi) is 4.05. The predicted octanol–water partition coefficient (Wildman–Crippen LogP) is 4.26. The number of carbonyl (C=O) groups is 1. The molecule has 2 aromatic rings. The van der Waals surface area contributed by atoms with E-state index in [2.05, 4.69) is 6.92 Å². The Morgan fingerprint density at radius 1 is 1.37 bits per heavy atom. The van der Waals surface area contributed by atoms with Crippen molar-refractivity contribution in [3.63, 3.8) is 0 Å². The lowest BCUT2D eigenvalue weighted by Gasteiger charge is -2.02. The Balaban J connectivity index is 2.57. The summed E-state index contributed by atoms with van der Waals surface area (Å²) in [5.74, 6) is -0.0396. The lowest BCUT2D eigenvalue weighted by molar-refractivity contribution is -0.131. The Bertz CT molecular complexity index is 620. The van der Waals surface area contributed by atoms with Crippen molar-refractivity contribution >= 4 is 22.5 Å². The number of fused-ring (bicyclic) bond motifs is 1. The van der Waals surface area contributed by atoms with Gasteiger partial charge in [0, 0.05) is 23.4 Å². The molecule has 0 spiro atoms. The summed E-state index contributed by atoms with van der Waals surface area (Å²) in [5, 5.41) is 9.90. The normalized spacial score (nSPS) is 12.0. The molecule has 1 heterocycles. The van der Waals surface area contributed by atoms with Crippen molar-refractivity contribution in [2.45, 2.75) is 33.1 Å². The highest BCUT2D eigenvalue weighted by atomic mass is 16.4. The van der Waals surface area contributed by atoms with Gasteiger partial charge >= 0.3 is 5.97 Å². The van der Waals surface area contributed by atoms with Crippen LogP contribution < -0.4 is 0 Å². The average Bonchev–Trinajstić information content (AvgIpc) is 2.73. The SMILES string of the molecule is CCCCc1oc2ccccc2c1/C(C)=C\C(=O)O. The highest BCUT2D eigenvalue weighted by Crippen LogP contribution is 2.32. The molecule has 0 aliphatic heterocycles. The molecular weight excluding hydrogens is 240 g/mol. The lowest BCUT2D eigenvalue weighted by atomic mass is 10.0. The van der Waals surface area contributed by atoms with Crippen molar-refractivity contribution in [3.05, 3.63) is 41.7 Å². The van der Waals surface area contributed by atoms with E-state index in [-0.39, 0.29) is 0 Å². The van der Waals surface area contributed by atoms with Crippen LogP contribution in [0.15, 0.2) is 34.8 Å². The maximum absolute atomic E-state index is 10.9. The second-order valence-corrected chi connectivity index (χ2v) is 4.67. The number of aryl methyl sites for hydroxylation is 1. The number of rotatable bonds is 5. The van der Waals surface area contributed by atoms with Gasteiger partial charge in [0.25, 0.3) is 0 Å². The average molecular weight is 258 g/mol. The first-order chi connectivity index (χ1) is 9.13. The van der Waals surface area contributed by atoms with Crippen LogP contribution >= 0.6 is 0 Å². The van der Waals surface area contributed by atoms with Crippen molar-refractivity contribution in [2.24, 2.45) is 0 Å². The minimum Gasteiger partial charge on any atom is -0.478 e. The van der Waals surface area contributed by atoms with Gasteiger partial charge in [-0.2, -0.15) is 0 Å². The van der Waals surface area contributed by atoms with E-state index < -0.39 is 5.97 Å². The van der Waals surface area contributed by atoms with Crippen LogP contribution in [0.4, 0.5) is 0 Å². The molecule has 0 saturated heterocycles. The Morgan fingerprint density at radius 2 is 2.11 bits per heavy atom. The molecule has 3 nitrogen and oxygen atoms in total. The zero-order chi connectivity index (χ0) is 13.8. The van der Waals surface area contributed by atoms with E-state index in [4.69, 9.17) is 9.52 Å². The van der Waals surface area contributed by atoms with Crippen LogP contribution in [0.3, 0.4) is 0 Å². The number of benzene rings is 1. The second-order valence-electron chi connectivity index (χ2n) is 4.67. The molecule has 0 atom stereocenters. The second kappa shape index (κ2) is 5.74. The van der Waals surface area contributed by atoms with Crippen molar-refractivity contribution in [1.29, 1.82) is 0 Å². The highest BCUT2D eigenvalue weighted by molar-refractivity contribution is 5.97. The van der Waals surface area contributed by atoms with Gasteiger partial charge in [0.15, 0.2) is 0 Å². The molecular formula is C16H18O3. The van der Waals surface area contributed by atoms with Gasteiger partial charge in [-0.1, -0.05) is 31.5 Å². The number of aliphatic carboxylic acids is 1. The molecule has 0 radical (unpaired) electrons. The van der Waals surface area contributed by atoms with E-state index in [0.717, 1.165) is 47.1 Å². The number of unbranched alkanes of at least 4 members (excludes halogenated alkanes) is 1. The molecule has 0 unspecified atom stereocenters. The highest BCUT2D eigenvalue weighted by Gasteiger charge is 2.15. The first kappa shape index (κ1) is 13.4. The van der Waals surface area contributed by atoms with E-state index >= 15 is 0 Å². The fourth-order valence-corrected chi connectivity index (χ4v) is 2.30. The molecule has 0 amide bonds. The fourth-order valence-electron chi connectivity index (χ4n) is 2.30. The van der Waals surface area contributed by atoms with Crippen LogP contribution in [0.1, 0.15) is 38.0 Å². The molecule has 1 N–H and O–H groups in total. The molecule has 0 aliphatic carbocycles. The van der Waals surface area contributed by atoms with Crippen molar-refractivity contribution in [1.82, 2.24) is 0 Å². The fraction of sp³-hybridized carbons (Fsp3) is 0.312. The Labute approximate surface area is 112 Å². The summed E-state index contributed by atoms with van der Waals surface area (Å²) >= 11 is 0. The van der Waals surface area contributed by atoms with Crippen molar-refractivity contribution in [3.8, 4) is 0 Å². The van der Waals surface area contributed by atoms with Crippen molar-refractivity contribution < 1.29 is 14.3 Å². The van der Waals surface area contributed by atoms with Gasteiger partial charge in [0.05, 0.1) is 0 Å². The number of hydrogen-bond donors (Lipinski definition) is 1. The summed E-state index contributed by atoms with van der Waals surface area (Å²) in [7, 11) is 0. The summed E-state index contributed by atoms with van der Waals surface area (Å²) in [6.45, 7) is 3.95. The molecule has 0 aliphatic rings. The third-order valence-corrected chi connectivity index (χ3v) is 3.16. The minimum atomic E-state index is -0.927. The summed E-state index contributed by atoms with van der Waals surface area (Å²) in [5.41, 5.74) is 2.50. The van der Waals surface area contributed by atoms with Gasteiger partial charge in [-0.15, -0.1) is 0 Å². The molecule has 100 valence electrons. The van der Waals surface area contributed by atoms with Gasteiger partial charge in [0.1, 0.15) is 11.3 Å². The molecule has 19 heavy (non-hydrogen) atoms. The zero-order valence-corrected chi connectivity index (χ0v) is 11.3. The van der Waals surface area contributed by atoms with Crippen LogP contribution in [0.5, 0.6) is 0 Å². The zero-order valence-electron chi connectivity index (χ0n) is 11.3. The summed E-state index contributed by atoms with van der Waals surface area (Å²) < 4.78 is 5.87. The third kappa shape index (κ3) is 2.87. The quantitative estimate of drug-likeness (QED) is 0.815. The number of carboxylic acids is 1. The first-order valence-electron chi connectivity index (χ1n) is 6.55. The van der Waals surface area contributed by atoms with Crippen molar-refractivity contribution in [2.75, 3.05) is 0 Å². The van der Waals surface area contributed by atoms with Gasteiger partial charge < -0.3 is 9.52 Å². The largest absolute Gasteiger partial charge is 0.478 e. The standard InChI is InChI=1S/C16H18O3/c1-3-4-8-14-16(11(2)10-15(17)18)12-7-5-6-9-13(12)19-14/h5-7,9-10H,3-4,8H2,1-2H3,(H,17,18)/b11-10-. The van der Waals surface area contributed by atoms with Crippen LogP contribution in [-0.4, -0.2) is 11.1 Å². The predicted molar refractivity (Wildman–Crippen MR) is 76.1 cm³/mol. The van der Waals surface area contributed by atoms with Crippen LogP contribution in [-0.2, 0) is 11.2 Å². The van der Waals surface area contributed by atoms with E-state index in [1.807, 2.05) is 31.2 Å². The maximum atomic E-state index is 10.9. The van der Waals surface area contributed by atoms with Crippen LogP contribution in [0.2, 0.25) is 0 Å². The Hall–Kier alpha value is -2.03. The molecule has 0 saturated carbocycles. The number of para-hydroxylation sites is 1. The molecule has 3 heteroatoms. The number of allylic oxidation sites excluding steroid dienone is 1. The maximum Gasteiger partial charge on any atom is 0.328 e. The number of furan rings is 1. The lowest BCUT2D eigenvalue weighted by Crippen LogP contribution is -1.93. The van der Waals surface area contributed by atoms with E-state index in [9.17, 15) is 4.79 Å². The molecule has 1 aromatic carbocycles. The van der Waals surface area contributed by atoms with Gasteiger partial charge in [-0.05, 0) is 25.0 Å². The minimum absolute atomic E-state index is 0.739. The molecule has 0 bridgehead atoms. The molecule has 2 rings (SSSR count). The smallest absolute Gasteiger partial charge is 0.328 e. The van der Waals surface area contributed by atoms with E-state index in [0.29, 0.717) is 0 Å². The number of hydrogen-bond acceptors (Lipinski definition) is 2. The van der Waals surface area contributed by atoms with E-state index in [1.165, 1.54) is 6.08 Å². The summed E-state index contributed by atoms with van der Waals surface area (Å²) in [6, 6.07) is 7.76. The van der Waals surface area contributed by atoms with Crippen LogP contribution in [0.25, 0.3) is 16.5 Å². The third-order valence-electron chi connectivity index (χ3n) is 3.16. The number of carboxylic acid groups (broad SMARTS) is 1. The van der Waals surface area contributed by atoms with Gasteiger partial charge in [-0.25, -0.2) is 4.79 Å². The Morgan fingerprint density at radius 3 is 2.79 bits per heavy atom. The molecule has 1 aromatic heterocycles. The monoisotopic (exact) mass is 258 g/mol. The van der Waals surface area contributed by atoms with Crippen LogP contribution in [0, 0.1) is 0 Å². The van der Waals surface area contributed by atoms with Gasteiger partial charge in [-0.3, -0.25) is 0 Å². The van der Waals surface area contributed by atoms with E-state index in [1.54, 1.807) is 0 Å². The summed E-state index contributed by atoms with van der Waals surface area (Å²) in [4.78, 5) is 10.9. The summed E-state index contributed by atoms with van der Waals surface area (Å²) in [6.07, 6.45) is 4.20. The van der Waals surface area contributed by atoms with Gasteiger partial charge in [0.2, 0.25) is 0 Å². The topological polar surface area (TPSA) is 50.4 Å². The first-order valence-corrected chi connectivity index (χ1v) is 6.55.